The molecular formula is C37H48O9S2Si. The van der Waals surface area contributed by atoms with Crippen LogP contribution >= 0.6 is 11.8 Å². The molecule has 2 saturated heterocycles. The van der Waals surface area contributed by atoms with Crippen molar-refractivity contribution in [1.82, 2.24) is 0 Å². The van der Waals surface area contributed by atoms with Crippen molar-refractivity contribution in [1.29, 1.82) is 0 Å². The van der Waals surface area contributed by atoms with Crippen LogP contribution in [0, 0.1) is 0 Å². The fourth-order valence-electron chi connectivity index (χ4n) is 6.60. The Kier molecular flexibility index (Phi) is 11.7. The molecule has 49 heavy (non-hydrogen) atoms. The summed E-state index contributed by atoms with van der Waals surface area (Å²) in [5.41, 5.74) is -0.473. The molecular weight excluding hydrogens is 681 g/mol. The summed E-state index contributed by atoms with van der Waals surface area (Å²) < 4.78 is 71.1. The number of hydrogen-bond acceptors (Lipinski definition) is 10. The van der Waals surface area contributed by atoms with E-state index in [-0.39, 0.29) is 18.3 Å². The first-order chi connectivity index (χ1) is 23.2. The van der Waals surface area contributed by atoms with Crippen LogP contribution in [0.2, 0.25) is 5.04 Å². The normalized spacial score (nSPS) is 28.7. The largest absolute Gasteiger partial charge is 0.405 e. The molecule has 9 nitrogen and oxygen atoms in total. The van der Waals surface area contributed by atoms with Crippen molar-refractivity contribution in [3.8, 4) is 0 Å². The number of rotatable bonds is 12. The number of fused-ring (bicyclic) bond motifs is 1. The van der Waals surface area contributed by atoms with Crippen molar-refractivity contribution in [2.75, 3.05) is 27.4 Å². The molecule has 0 saturated carbocycles. The van der Waals surface area contributed by atoms with Gasteiger partial charge in [-0.05, 0) is 48.3 Å². The molecule has 266 valence electrons. The zero-order chi connectivity index (χ0) is 35.5. The molecule has 2 aliphatic rings. The van der Waals surface area contributed by atoms with Gasteiger partial charge in [-0.3, -0.25) is 4.18 Å². The highest BCUT2D eigenvalue weighted by molar-refractivity contribution is 8.00. The van der Waals surface area contributed by atoms with Crippen molar-refractivity contribution in [2.45, 2.75) is 86.8 Å². The van der Waals surface area contributed by atoms with Crippen molar-refractivity contribution >= 4 is 40.6 Å². The molecule has 2 aliphatic heterocycles. The quantitative estimate of drug-likeness (QED) is 0.167. The Balaban J connectivity index is 1.65. The summed E-state index contributed by atoms with van der Waals surface area (Å²) in [6.07, 6.45) is -2.48. The molecule has 0 unspecified atom stereocenters. The Morgan fingerprint density at radius 3 is 1.84 bits per heavy atom. The molecule has 6 atom stereocenters. The summed E-state index contributed by atoms with van der Waals surface area (Å²) in [7, 11) is -4.10. The van der Waals surface area contributed by atoms with Crippen LogP contribution in [0.25, 0.3) is 0 Å². The number of methoxy groups -OCH3 is 2. The molecule has 0 spiro atoms. The molecule has 0 radical (unpaired) electrons. The first-order valence-corrected chi connectivity index (χ1v) is 20.7. The molecule has 5 rings (SSSR count). The summed E-state index contributed by atoms with van der Waals surface area (Å²) in [6, 6.07) is 30.4. The minimum atomic E-state index is -4.12. The van der Waals surface area contributed by atoms with E-state index < -0.39 is 53.8 Å². The SMILES string of the molecule is CCOS(=O)(=O)/C=C1\[C@H]2O[C@](C)(OC)[C@@](C)(OC)O[C@@H]2[C@@H](CO[Si](c2ccccc2)(c2ccccc2)C(C)(C)C)O[C@H]1Sc1ccccc1. The van der Waals surface area contributed by atoms with Gasteiger partial charge in [0.1, 0.15) is 23.7 Å². The molecule has 12 heteroatoms. The van der Waals surface area contributed by atoms with E-state index in [9.17, 15) is 8.42 Å². The van der Waals surface area contributed by atoms with E-state index in [1.807, 2.05) is 66.7 Å². The van der Waals surface area contributed by atoms with Crippen molar-refractivity contribution < 1.29 is 40.7 Å². The highest BCUT2D eigenvalue weighted by Crippen LogP contribution is 2.48. The van der Waals surface area contributed by atoms with Crippen molar-refractivity contribution in [3.05, 3.63) is 102 Å². The molecule has 2 fully saturated rings. The Labute approximate surface area is 296 Å². The predicted octanol–water partition coefficient (Wildman–Crippen LogP) is 5.84. The summed E-state index contributed by atoms with van der Waals surface area (Å²) in [5, 5.41) is 3.05. The average Bonchev–Trinajstić information content (AvgIpc) is 3.08. The number of benzene rings is 3. The van der Waals surface area contributed by atoms with Crippen molar-refractivity contribution in [2.24, 2.45) is 0 Å². The third kappa shape index (κ3) is 7.64. The van der Waals surface area contributed by atoms with E-state index in [0.717, 1.165) is 20.7 Å². The molecule has 0 bridgehead atoms. The zero-order valence-corrected chi connectivity index (χ0v) is 32.1. The number of hydrogen-bond donors (Lipinski definition) is 0. The lowest BCUT2D eigenvalue weighted by molar-refractivity contribution is -0.455. The van der Waals surface area contributed by atoms with Crippen LogP contribution < -0.4 is 10.4 Å². The van der Waals surface area contributed by atoms with Gasteiger partial charge in [-0.25, -0.2) is 0 Å². The summed E-state index contributed by atoms with van der Waals surface area (Å²) in [5.74, 6) is -2.80. The van der Waals surface area contributed by atoms with Crippen LogP contribution in [0.5, 0.6) is 0 Å². The maximum atomic E-state index is 13.2. The lowest BCUT2D eigenvalue weighted by atomic mass is 9.94. The van der Waals surface area contributed by atoms with E-state index in [2.05, 4.69) is 45.0 Å². The third-order valence-electron chi connectivity index (χ3n) is 9.31. The number of thioether (sulfide) groups is 1. The van der Waals surface area contributed by atoms with Crippen LogP contribution in [-0.4, -0.2) is 79.5 Å². The van der Waals surface area contributed by atoms with E-state index in [1.54, 1.807) is 20.8 Å². The lowest BCUT2D eigenvalue weighted by Crippen LogP contribution is -2.71. The fourth-order valence-corrected chi connectivity index (χ4v) is 13.3. The van der Waals surface area contributed by atoms with Gasteiger partial charge < -0.3 is 28.1 Å². The van der Waals surface area contributed by atoms with Crippen LogP contribution in [-0.2, 0) is 42.4 Å². The van der Waals surface area contributed by atoms with E-state index in [1.165, 1.54) is 26.0 Å². The summed E-state index contributed by atoms with van der Waals surface area (Å²) in [6.45, 7) is 11.8. The maximum Gasteiger partial charge on any atom is 0.290 e. The average molecular weight is 729 g/mol. The van der Waals surface area contributed by atoms with Gasteiger partial charge in [-0.15, -0.1) is 0 Å². The molecule has 0 amide bonds. The van der Waals surface area contributed by atoms with Crippen LogP contribution in [0.15, 0.2) is 107 Å². The third-order valence-corrected chi connectivity index (χ3v) is 16.6. The van der Waals surface area contributed by atoms with Gasteiger partial charge in [-0.2, -0.15) is 8.42 Å². The van der Waals surface area contributed by atoms with Crippen LogP contribution in [0.1, 0.15) is 41.5 Å². The topological polar surface area (TPSA) is 98.8 Å². The first-order valence-electron chi connectivity index (χ1n) is 16.4. The second-order valence-corrected chi connectivity index (χ2v) is 20.2. The highest BCUT2D eigenvalue weighted by atomic mass is 32.2. The van der Waals surface area contributed by atoms with Gasteiger partial charge in [-0.1, -0.05) is 111 Å². The maximum absolute atomic E-state index is 13.2. The Morgan fingerprint density at radius 1 is 0.837 bits per heavy atom. The number of ether oxygens (including phenoxy) is 5. The first kappa shape index (κ1) is 37.9. The van der Waals surface area contributed by atoms with Gasteiger partial charge in [0.25, 0.3) is 18.4 Å². The molecule has 3 aromatic rings. The van der Waals surface area contributed by atoms with Gasteiger partial charge in [0.05, 0.1) is 18.6 Å². The van der Waals surface area contributed by atoms with Crippen molar-refractivity contribution in [3.63, 3.8) is 0 Å². The lowest BCUT2D eigenvalue weighted by Gasteiger charge is -2.56. The molecule has 0 N–H and O–H groups in total. The fraction of sp³-hybridized carbons (Fsp3) is 0.459. The summed E-state index contributed by atoms with van der Waals surface area (Å²) >= 11 is 1.37. The van der Waals surface area contributed by atoms with Crippen LogP contribution in [0.4, 0.5) is 0 Å². The minimum Gasteiger partial charge on any atom is -0.405 e. The Hall–Kier alpha value is -2.36. The van der Waals surface area contributed by atoms with Gasteiger partial charge in [0, 0.05) is 24.7 Å². The van der Waals surface area contributed by atoms with Crippen LogP contribution in [0.3, 0.4) is 0 Å². The monoisotopic (exact) mass is 728 g/mol. The van der Waals surface area contributed by atoms with Gasteiger partial charge in [0.15, 0.2) is 0 Å². The zero-order valence-electron chi connectivity index (χ0n) is 29.5. The van der Waals surface area contributed by atoms with Gasteiger partial charge in [0.2, 0.25) is 11.6 Å². The smallest absolute Gasteiger partial charge is 0.290 e. The Bertz CT molecular complexity index is 1630. The molecule has 0 aliphatic carbocycles. The van der Waals surface area contributed by atoms with Gasteiger partial charge >= 0.3 is 0 Å². The Morgan fingerprint density at radius 2 is 1.35 bits per heavy atom. The molecule has 0 aromatic heterocycles. The minimum absolute atomic E-state index is 0.0264. The van der Waals surface area contributed by atoms with E-state index in [4.69, 9.17) is 32.3 Å². The van der Waals surface area contributed by atoms with E-state index >= 15 is 0 Å². The molecule has 2 heterocycles. The second kappa shape index (κ2) is 15.1. The highest BCUT2D eigenvalue weighted by Gasteiger charge is 2.62. The van der Waals surface area contributed by atoms with E-state index in [0.29, 0.717) is 5.57 Å². The predicted molar refractivity (Wildman–Crippen MR) is 194 cm³/mol. The molecule has 3 aromatic carbocycles. The standard InChI is InChI=1S/C37H48O9S2Si/c1-9-42-48(38,39)26-30-32-33(46-37(6,41-8)36(5,40-7)45-32)31(44-34(30)47-27-19-13-10-14-20-27)25-43-49(35(2,3)4,28-21-15-11-16-22-28)29-23-17-12-18-24-29/h10-24,26,31-34H,9,25H2,1-8H3/b30-26+/t31-,32-,33-,34+,36+,37+/m1/s1. The second-order valence-electron chi connectivity index (χ2n) is 13.3. The summed E-state index contributed by atoms with van der Waals surface area (Å²) in [4.78, 5) is 0.880.